The van der Waals surface area contributed by atoms with Crippen molar-refractivity contribution in [1.82, 2.24) is 5.32 Å². The Morgan fingerprint density at radius 1 is 1.00 bits per heavy atom. The van der Waals surface area contributed by atoms with Crippen LogP contribution in [-0.4, -0.2) is 32.4 Å². The fraction of sp³-hybridized carbons (Fsp3) is 0.538. The monoisotopic (exact) mass is 311 g/mol. The van der Waals surface area contributed by atoms with Gasteiger partial charge in [0.2, 0.25) is 29.1 Å². The van der Waals surface area contributed by atoms with Crippen LogP contribution >= 0.6 is 0 Å². The maximum Gasteiger partial charge on any atom is 0.206 e. The molecular weight excluding hydrogens is 297 g/mol. The van der Waals surface area contributed by atoms with Gasteiger partial charge in [-0.2, -0.15) is 8.78 Å². The van der Waals surface area contributed by atoms with Crippen LogP contribution < -0.4 is 10.1 Å². The van der Waals surface area contributed by atoms with Crippen molar-refractivity contribution in [2.45, 2.75) is 18.9 Å². The zero-order valence-corrected chi connectivity index (χ0v) is 11.0. The second-order valence-electron chi connectivity index (χ2n) is 4.59. The lowest BCUT2D eigenvalue weighted by Gasteiger charge is -2.12. The van der Waals surface area contributed by atoms with Crippen molar-refractivity contribution in [3.05, 3.63) is 29.1 Å². The predicted octanol–water partition coefficient (Wildman–Crippen LogP) is 2.53. The molecule has 1 fully saturated rings. The molecule has 0 spiro atoms. The van der Waals surface area contributed by atoms with Gasteiger partial charge in [-0.1, -0.05) is 0 Å². The molecule has 1 atom stereocenters. The molecule has 1 unspecified atom stereocenters. The first kappa shape index (κ1) is 16.0. The standard InChI is InChI=1S/C13H14F5NO2/c14-8-9(15)11(17)13(12(18)10(8)16)21-5-3-19-6-7-2-1-4-20-7/h7,19H,1-6H2. The molecule has 0 aromatic heterocycles. The summed E-state index contributed by atoms with van der Waals surface area (Å²) in [5.74, 6) is -11.4. The van der Waals surface area contributed by atoms with Gasteiger partial charge in [0.25, 0.3) is 0 Å². The summed E-state index contributed by atoms with van der Waals surface area (Å²) in [6.07, 6.45) is 1.98. The van der Waals surface area contributed by atoms with E-state index in [2.05, 4.69) is 10.1 Å². The average molecular weight is 311 g/mol. The van der Waals surface area contributed by atoms with Crippen molar-refractivity contribution >= 4 is 0 Å². The minimum absolute atomic E-state index is 0.0826. The van der Waals surface area contributed by atoms with E-state index in [1.54, 1.807) is 0 Å². The number of hydrogen-bond donors (Lipinski definition) is 1. The first-order chi connectivity index (χ1) is 10.0. The third-order valence-corrected chi connectivity index (χ3v) is 3.09. The maximum atomic E-state index is 13.3. The normalized spacial score (nSPS) is 18.2. The summed E-state index contributed by atoms with van der Waals surface area (Å²) in [7, 11) is 0. The molecule has 1 N–H and O–H groups in total. The highest BCUT2D eigenvalue weighted by Crippen LogP contribution is 2.28. The van der Waals surface area contributed by atoms with Gasteiger partial charge in [-0.3, -0.25) is 0 Å². The second-order valence-corrected chi connectivity index (χ2v) is 4.59. The Hall–Kier alpha value is -1.41. The van der Waals surface area contributed by atoms with E-state index < -0.39 is 34.8 Å². The quantitative estimate of drug-likeness (QED) is 0.379. The Labute approximate surface area is 118 Å². The Bertz CT molecular complexity index is 477. The number of hydrogen-bond acceptors (Lipinski definition) is 3. The van der Waals surface area contributed by atoms with Crippen molar-refractivity contribution in [3.8, 4) is 5.75 Å². The lowest BCUT2D eigenvalue weighted by atomic mass is 10.2. The molecule has 3 nitrogen and oxygen atoms in total. The lowest BCUT2D eigenvalue weighted by molar-refractivity contribution is 0.109. The third kappa shape index (κ3) is 3.62. The highest BCUT2D eigenvalue weighted by atomic mass is 19.2. The van der Waals surface area contributed by atoms with Crippen LogP contribution in [0.4, 0.5) is 22.0 Å². The SMILES string of the molecule is Fc1c(F)c(F)c(OCCNCC2CCCO2)c(F)c1F. The van der Waals surface area contributed by atoms with Crippen LogP contribution in [0, 0.1) is 29.1 Å². The summed E-state index contributed by atoms with van der Waals surface area (Å²) in [6.45, 7) is 1.21. The van der Waals surface area contributed by atoms with Crippen molar-refractivity contribution in [1.29, 1.82) is 0 Å². The smallest absolute Gasteiger partial charge is 0.206 e. The molecule has 0 aliphatic carbocycles. The molecule has 0 saturated carbocycles. The van der Waals surface area contributed by atoms with Crippen molar-refractivity contribution in [2.75, 3.05) is 26.3 Å². The average Bonchev–Trinajstić information content (AvgIpc) is 2.99. The molecule has 1 aliphatic heterocycles. The maximum absolute atomic E-state index is 13.3. The van der Waals surface area contributed by atoms with Crippen LogP contribution in [0.2, 0.25) is 0 Å². The number of nitrogens with one attached hydrogen (secondary N) is 1. The highest BCUT2D eigenvalue weighted by molar-refractivity contribution is 5.29. The Balaban J connectivity index is 1.85. The van der Waals surface area contributed by atoms with Crippen molar-refractivity contribution in [2.24, 2.45) is 0 Å². The molecule has 0 amide bonds. The minimum Gasteiger partial charge on any atom is -0.486 e. The topological polar surface area (TPSA) is 30.5 Å². The number of halogens is 5. The van der Waals surface area contributed by atoms with Gasteiger partial charge in [0.1, 0.15) is 6.61 Å². The molecule has 1 aromatic rings. The van der Waals surface area contributed by atoms with Gasteiger partial charge in [-0.15, -0.1) is 0 Å². The van der Waals surface area contributed by atoms with E-state index in [0.717, 1.165) is 12.8 Å². The number of rotatable bonds is 6. The molecule has 1 aliphatic rings. The zero-order valence-electron chi connectivity index (χ0n) is 11.0. The first-order valence-electron chi connectivity index (χ1n) is 6.49. The van der Waals surface area contributed by atoms with E-state index in [0.29, 0.717) is 13.2 Å². The van der Waals surface area contributed by atoms with Gasteiger partial charge in [0.15, 0.2) is 5.75 Å². The number of ether oxygens (including phenoxy) is 2. The molecule has 1 heterocycles. The van der Waals surface area contributed by atoms with E-state index in [1.165, 1.54) is 0 Å². The summed E-state index contributed by atoms with van der Waals surface area (Å²) in [4.78, 5) is 0. The first-order valence-corrected chi connectivity index (χ1v) is 6.49. The van der Waals surface area contributed by atoms with E-state index in [4.69, 9.17) is 4.74 Å². The summed E-state index contributed by atoms with van der Waals surface area (Å²) < 4.78 is 75.1. The van der Waals surface area contributed by atoms with Gasteiger partial charge in [0.05, 0.1) is 6.10 Å². The van der Waals surface area contributed by atoms with Crippen LogP contribution in [0.5, 0.6) is 5.75 Å². The summed E-state index contributed by atoms with van der Waals surface area (Å²) >= 11 is 0. The molecule has 1 saturated heterocycles. The van der Waals surface area contributed by atoms with E-state index in [-0.39, 0.29) is 19.3 Å². The van der Waals surface area contributed by atoms with Gasteiger partial charge in [-0.05, 0) is 12.8 Å². The van der Waals surface area contributed by atoms with Crippen LogP contribution in [0.25, 0.3) is 0 Å². The van der Waals surface area contributed by atoms with Crippen molar-refractivity contribution < 1.29 is 31.4 Å². The summed E-state index contributed by atoms with van der Waals surface area (Å²) in [5, 5.41) is 2.92. The van der Waals surface area contributed by atoms with Crippen molar-refractivity contribution in [3.63, 3.8) is 0 Å². The third-order valence-electron chi connectivity index (χ3n) is 3.09. The molecule has 21 heavy (non-hydrogen) atoms. The summed E-state index contributed by atoms with van der Waals surface area (Å²) in [6, 6.07) is 0. The lowest BCUT2D eigenvalue weighted by Crippen LogP contribution is -2.30. The van der Waals surface area contributed by atoms with Gasteiger partial charge in [-0.25, -0.2) is 13.2 Å². The molecule has 0 radical (unpaired) electrons. The predicted molar refractivity (Wildman–Crippen MR) is 63.6 cm³/mol. The van der Waals surface area contributed by atoms with E-state index in [1.807, 2.05) is 0 Å². The van der Waals surface area contributed by atoms with E-state index in [9.17, 15) is 22.0 Å². The van der Waals surface area contributed by atoms with Crippen LogP contribution in [0.1, 0.15) is 12.8 Å². The molecule has 0 bridgehead atoms. The molecular formula is C13H14F5NO2. The molecule has 1 aromatic carbocycles. The Morgan fingerprint density at radius 3 is 2.19 bits per heavy atom. The highest BCUT2D eigenvalue weighted by Gasteiger charge is 2.26. The molecule has 2 rings (SSSR count). The Morgan fingerprint density at radius 2 is 1.62 bits per heavy atom. The van der Waals surface area contributed by atoms with Gasteiger partial charge >= 0.3 is 0 Å². The number of benzene rings is 1. The molecule has 8 heteroatoms. The summed E-state index contributed by atoms with van der Waals surface area (Å²) in [5.41, 5.74) is 0. The zero-order chi connectivity index (χ0) is 15.4. The molecule has 118 valence electrons. The second kappa shape index (κ2) is 7.04. The van der Waals surface area contributed by atoms with Crippen LogP contribution in [0.3, 0.4) is 0 Å². The van der Waals surface area contributed by atoms with E-state index >= 15 is 0 Å². The van der Waals surface area contributed by atoms with Crippen LogP contribution in [-0.2, 0) is 4.74 Å². The fourth-order valence-corrected chi connectivity index (χ4v) is 2.01. The fourth-order valence-electron chi connectivity index (χ4n) is 2.01. The Kier molecular flexibility index (Phi) is 5.35. The van der Waals surface area contributed by atoms with Crippen LogP contribution in [0.15, 0.2) is 0 Å². The van der Waals surface area contributed by atoms with Gasteiger partial charge in [0, 0.05) is 19.7 Å². The minimum atomic E-state index is -2.20. The van der Waals surface area contributed by atoms with Gasteiger partial charge < -0.3 is 14.8 Å². The largest absolute Gasteiger partial charge is 0.486 e.